The fraction of sp³-hybridized carbons (Fsp3) is 0.667. The fourth-order valence-corrected chi connectivity index (χ4v) is 2.78. The van der Waals surface area contributed by atoms with Crippen molar-refractivity contribution in [1.82, 2.24) is 5.32 Å². The van der Waals surface area contributed by atoms with E-state index in [0.717, 1.165) is 44.6 Å². The Bertz CT molecular complexity index is 400. The minimum absolute atomic E-state index is 0.298. The van der Waals surface area contributed by atoms with Crippen LogP contribution in [0.1, 0.15) is 58.6 Å². The summed E-state index contributed by atoms with van der Waals surface area (Å²) in [4.78, 5) is 2.49. The third-order valence-corrected chi connectivity index (χ3v) is 3.72. The fourth-order valence-electron chi connectivity index (χ4n) is 2.78. The molecule has 0 heterocycles. The van der Waals surface area contributed by atoms with E-state index in [1.165, 1.54) is 11.3 Å². The quantitative estimate of drug-likeness (QED) is 0.692. The smallest absolute Gasteiger partial charge is 0.125 e. The van der Waals surface area contributed by atoms with Crippen molar-refractivity contribution < 1.29 is 4.74 Å². The minimum Gasteiger partial charge on any atom is -0.496 e. The molecule has 0 saturated heterocycles. The largest absolute Gasteiger partial charge is 0.496 e. The lowest BCUT2D eigenvalue weighted by Crippen LogP contribution is -2.28. The van der Waals surface area contributed by atoms with Crippen molar-refractivity contribution in [2.75, 3.05) is 31.6 Å². The summed E-state index contributed by atoms with van der Waals surface area (Å²) in [6, 6.07) is 6.70. The Balaban J connectivity index is 3.16. The van der Waals surface area contributed by atoms with Gasteiger partial charge in [0.15, 0.2) is 0 Å². The number of benzene rings is 1. The van der Waals surface area contributed by atoms with E-state index in [0.29, 0.717) is 6.04 Å². The van der Waals surface area contributed by atoms with Gasteiger partial charge in [0.05, 0.1) is 7.11 Å². The second-order valence-corrected chi connectivity index (χ2v) is 5.56. The van der Waals surface area contributed by atoms with Crippen LogP contribution in [-0.4, -0.2) is 26.7 Å². The molecule has 1 rings (SSSR count). The molecule has 1 atom stereocenters. The lowest BCUT2D eigenvalue weighted by Gasteiger charge is -2.30. The maximum atomic E-state index is 5.63. The van der Waals surface area contributed by atoms with Crippen LogP contribution in [0, 0.1) is 0 Å². The number of hydrogen-bond donors (Lipinski definition) is 1. The lowest BCUT2D eigenvalue weighted by atomic mass is 10.0. The third kappa shape index (κ3) is 4.92. The second kappa shape index (κ2) is 9.67. The van der Waals surface area contributed by atoms with Gasteiger partial charge in [-0.1, -0.05) is 26.8 Å². The van der Waals surface area contributed by atoms with E-state index in [2.05, 4.69) is 56.1 Å². The standard InChI is InChI=1S/C18H32N2O/c1-6-12-19-15(4)18-16(10-9-11-17(18)21-5)20(13-7-2)14-8-3/h9-11,15,19H,6-8,12-14H2,1-5H3. The molecule has 0 aliphatic heterocycles. The number of hydrogen-bond acceptors (Lipinski definition) is 3. The molecule has 0 amide bonds. The third-order valence-electron chi connectivity index (χ3n) is 3.72. The van der Waals surface area contributed by atoms with E-state index in [1.54, 1.807) is 7.11 Å². The Morgan fingerprint density at radius 1 is 1.10 bits per heavy atom. The summed E-state index contributed by atoms with van der Waals surface area (Å²) in [6.07, 6.45) is 3.46. The van der Waals surface area contributed by atoms with Crippen molar-refractivity contribution in [2.45, 2.75) is 53.0 Å². The summed E-state index contributed by atoms with van der Waals surface area (Å²) in [7, 11) is 1.76. The van der Waals surface area contributed by atoms with Gasteiger partial charge in [-0.15, -0.1) is 0 Å². The van der Waals surface area contributed by atoms with E-state index in [-0.39, 0.29) is 0 Å². The highest BCUT2D eigenvalue weighted by Gasteiger charge is 2.19. The van der Waals surface area contributed by atoms with Crippen LogP contribution in [0.2, 0.25) is 0 Å². The van der Waals surface area contributed by atoms with Gasteiger partial charge in [-0.05, 0) is 44.9 Å². The second-order valence-electron chi connectivity index (χ2n) is 5.56. The van der Waals surface area contributed by atoms with Gasteiger partial charge < -0.3 is 15.0 Å². The monoisotopic (exact) mass is 292 g/mol. The topological polar surface area (TPSA) is 24.5 Å². The zero-order valence-corrected chi connectivity index (χ0v) is 14.4. The molecular formula is C18H32N2O. The zero-order chi connectivity index (χ0) is 15.7. The van der Waals surface area contributed by atoms with Crippen molar-refractivity contribution in [3.63, 3.8) is 0 Å². The summed E-state index contributed by atoms with van der Waals surface area (Å²) in [5.74, 6) is 0.987. The van der Waals surface area contributed by atoms with Gasteiger partial charge in [0.2, 0.25) is 0 Å². The molecular weight excluding hydrogens is 260 g/mol. The van der Waals surface area contributed by atoms with Gasteiger partial charge in [-0.3, -0.25) is 0 Å². The molecule has 0 bridgehead atoms. The molecule has 1 aromatic rings. The van der Waals surface area contributed by atoms with Gasteiger partial charge in [-0.2, -0.15) is 0 Å². The van der Waals surface area contributed by atoms with Crippen molar-refractivity contribution >= 4 is 5.69 Å². The van der Waals surface area contributed by atoms with E-state index in [4.69, 9.17) is 4.74 Å². The summed E-state index contributed by atoms with van der Waals surface area (Å²) >= 11 is 0. The van der Waals surface area contributed by atoms with Crippen LogP contribution < -0.4 is 15.0 Å². The van der Waals surface area contributed by atoms with E-state index in [9.17, 15) is 0 Å². The molecule has 0 spiro atoms. The van der Waals surface area contributed by atoms with Gasteiger partial charge >= 0.3 is 0 Å². The summed E-state index contributed by atoms with van der Waals surface area (Å²) in [5, 5.41) is 3.60. The lowest BCUT2D eigenvalue weighted by molar-refractivity contribution is 0.401. The Labute approximate surface area is 130 Å². The highest BCUT2D eigenvalue weighted by Crippen LogP contribution is 2.34. The molecule has 3 nitrogen and oxygen atoms in total. The number of ether oxygens (including phenoxy) is 1. The Hall–Kier alpha value is -1.22. The van der Waals surface area contributed by atoms with Crippen LogP contribution in [0.15, 0.2) is 18.2 Å². The summed E-state index contributed by atoms with van der Waals surface area (Å²) in [5.41, 5.74) is 2.60. The molecule has 3 heteroatoms. The SMILES string of the molecule is CCCNC(C)c1c(OC)cccc1N(CCC)CCC. The average molecular weight is 292 g/mol. The normalized spacial score (nSPS) is 12.2. The van der Waals surface area contributed by atoms with Crippen LogP contribution in [0.3, 0.4) is 0 Å². The molecule has 120 valence electrons. The van der Waals surface area contributed by atoms with Crippen molar-refractivity contribution in [1.29, 1.82) is 0 Å². The molecule has 1 unspecified atom stereocenters. The first kappa shape index (κ1) is 17.8. The molecule has 0 aliphatic rings. The summed E-state index contributed by atoms with van der Waals surface area (Å²) < 4.78 is 5.63. The van der Waals surface area contributed by atoms with E-state index in [1.807, 2.05) is 0 Å². The highest BCUT2D eigenvalue weighted by atomic mass is 16.5. The summed E-state index contributed by atoms with van der Waals surface area (Å²) in [6.45, 7) is 12.1. The number of nitrogens with one attached hydrogen (secondary N) is 1. The molecule has 0 aromatic heterocycles. The predicted molar refractivity (Wildman–Crippen MR) is 92.5 cm³/mol. The van der Waals surface area contributed by atoms with Crippen molar-refractivity contribution in [3.8, 4) is 5.75 Å². The molecule has 0 saturated carbocycles. The number of nitrogens with zero attached hydrogens (tertiary/aromatic N) is 1. The number of methoxy groups -OCH3 is 1. The van der Waals surface area contributed by atoms with Crippen LogP contribution >= 0.6 is 0 Å². The van der Waals surface area contributed by atoms with Gasteiger partial charge in [0, 0.05) is 30.4 Å². The molecule has 21 heavy (non-hydrogen) atoms. The van der Waals surface area contributed by atoms with Crippen LogP contribution in [0.5, 0.6) is 5.75 Å². The average Bonchev–Trinajstić information content (AvgIpc) is 2.51. The Kier molecular flexibility index (Phi) is 8.21. The first-order valence-electron chi connectivity index (χ1n) is 8.34. The molecule has 1 N–H and O–H groups in total. The maximum absolute atomic E-state index is 5.63. The van der Waals surface area contributed by atoms with E-state index >= 15 is 0 Å². The molecule has 0 aliphatic carbocycles. The minimum atomic E-state index is 0.298. The molecule has 1 aromatic carbocycles. The van der Waals surface area contributed by atoms with Gasteiger partial charge in [0.1, 0.15) is 5.75 Å². The van der Waals surface area contributed by atoms with Crippen LogP contribution in [0.25, 0.3) is 0 Å². The zero-order valence-electron chi connectivity index (χ0n) is 14.4. The Morgan fingerprint density at radius 3 is 2.29 bits per heavy atom. The number of anilines is 1. The van der Waals surface area contributed by atoms with Gasteiger partial charge in [0.25, 0.3) is 0 Å². The maximum Gasteiger partial charge on any atom is 0.125 e. The van der Waals surface area contributed by atoms with Crippen LogP contribution in [0.4, 0.5) is 5.69 Å². The predicted octanol–water partition coefficient (Wildman–Crippen LogP) is 4.38. The molecule has 0 radical (unpaired) electrons. The van der Waals surface area contributed by atoms with E-state index < -0.39 is 0 Å². The highest BCUT2D eigenvalue weighted by molar-refractivity contribution is 5.60. The number of rotatable bonds is 10. The van der Waals surface area contributed by atoms with Crippen molar-refractivity contribution in [2.24, 2.45) is 0 Å². The van der Waals surface area contributed by atoms with Crippen LogP contribution in [-0.2, 0) is 0 Å². The molecule has 0 fully saturated rings. The first-order valence-corrected chi connectivity index (χ1v) is 8.34. The van der Waals surface area contributed by atoms with Crippen molar-refractivity contribution in [3.05, 3.63) is 23.8 Å². The first-order chi connectivity index (χ1) is 10.2. The van der Waals surface area contributed by atoms with Gasteiger partial charge in [-0.25, -0.2) is 0 Å². The Morgan fingerprint density at radius 2 is 1.76 bits per heavy atom.